The van der Waals surface area contributed by atoms with Gasteiger partial charge in [0.2, 0.25) is 0 Å². The van der Waals surface area contributed by atoms with Crippen LogP contribution in [0.2, 0.25) is 0 Å². The van der Waals surface area contributed by atoms with Gasteiger partial charge in [-0.15, -0.1) is 0 Å². The van der Waals surface area contributed by atoms with Crippen molar-refractivity contribution in [2.45, 2.75) is 19.6 Å². The maximum absolute atomic E-state index is 4.48. The Kier molecular flexibility index (Phi) is 6.29. The highest BCUT2D eigenvalue weighted by Crippen LogP contribution is 2.12. The van der Waals surface area contributed by atoms with E-state index in [0.717, 1.165) is 41.9 Å². The van der Waals surface area contributed by atoms with E-state index in [1.807, 2.05) is 24.8 Å². The molecule has 5 heteroatoms. The molecule has 0 aromatic carbocycles. The lowest BCUT2D eigenvalue weighted by Crippen LogP contribution is -2.15. The first-order valence-corrected chi connectivity index (χ1v) is 7.08. The molecule has 4 nitrogen and oxygen atoms in total. The van der Waals surface area contributed by atoms with E-state index < -0.39 is 0 Å². The van der Waals surface area contributed by atoms with Crippen molar-refractivity contribution in [3.63, 3.8) is 0 Å². The number of anilines is 1. The van der Waals surface area contributed by atoms with E-state index in [9.17, 15) is 0 Å². The van der Waals surface area contributed by atoms with Crippen molar-refractivity contribution in [1.29, 1.82) is 0 Å². The fourth-order valence-electron chi connectivity index (χ4n) is 1.38. The molecule has 1 rings (SSSR count). The summed E-state index contributed by atoms with van der Waals surface area (Å²) in [6.07, 6.45) is 0. The van der Waals surface area contributed by atoms with Crippen LogP contribution in [-0.4, -0.2) is 47.8 Å². The normalized spacial score (nSPS) is 10.9. The first kappa shape index (κ1) is 14.3. The molecular formula is C12H22N4S. The molecule has 1 N–H and O–H groups in total. The standard InChI is InChI=1S/C12H22N4S/c1-5-13-11-8-10(2)14-12(15-11)9-17-7-6-16(3)4/h8H,5-7,9H2,1-4H3,(H,13,14,15). The summed E-state index contributed by atoms with van der Waals surface area (Å²) >= 11 is 1.88. The summed E-state index contributed by atoms with van der Waals surface area (Å²) in [6.45, 7) is 6.07. The summed E-state index contributed by atoms with van der Waals surface area (Å²) in [4.78, 5) is 11.1. The Labute approximate surface area is 108 Å². The Morgan fingerprint density at radius 1 is 1.35 bits per heavy atom. The third kappa shape index (κ3) is 5.89. The topological polar surface area (TPSA) is 41.1 Å². The fraction of sp³-hybridized carbons (Fsp3) is 0.667. The number of aromatic nitrogens is 2. The number of nitrogens with zero attached hydrogens (tertiary/aromatic N) is 3. The zero-order valence-electron chi connectivity index (χ0n) is 11.2. The smallest absolute Gasteiger partial charge is 0.140 e. The largest absolute Gasteiger partial charge is 0.370 e. The number of nitrogens with one attached hydrogen (secondary N) is 1. The van der Waals surface area contributed by atoms with Crippen molar-refractivity contribution in [1.82, 2.24) is 14.9 Å². The van der Waals surface area contributed by atoms with Gasteiger partial charge in [-0.2, -0.15) is 11.8 Å². The second-order valence-electron chi connectivity index (χ2n) is 4.20. The van der Waals surface area contributed by atoms with E-state index in [0.29, 0.717) is 0 Å². The Bertz CT molecular complexity index is 341. The predicted octanol–water partition coefficient (Wildman–Crippen LogP) is 2.01. The molecule has 1 aromatic rings. The molecule has 0 bridgehead atoms. The third-order valence-corrected chi connectivity index (χ3v) is 3.11. The minimum atomic E-state index is 0.883. The highest BCUT2D eigenvalue weighted by atomic mass is 32.2. The summed E-state index contributed by atoms with van der Waals surface area (Å²) in [5.74, 6) is 3.85. The van der Waals surface area contributed by atoms with Crippen molar-refractivity contribution >= 4 is 17.6 Å². The zero-order valence-corrected chi connectivity index (χ0v) is 12.0. The van der Waals surface area contributed by atoms with E-state index >= 15 is 0 Å². The summed E-state index contributed by atoms with van der Waals surface area (Å²) in [5.41, 5.74) is 1.03. The van der Waals surface area contributed by atoms with Gasteiger partial charge < -0.3 is 10.2 Å². The highest BCUT2D eigenvalue weighted by Gasteiger charge is 2.02. The van der Waals surface area contributed by atoms with Crippen molar-refractivity contribution < 1.29 is 0 Å². The van der Waals surface area contributed by atoms with Gasteiger partial charge >= 0.3 is 0 Å². The van der Waals surface area contributed by atoms with Crippen molar-refractivity contribution in [2.24, 2.45) is 0 Å². The number of aryl methyl sites for hydroxylation is 1. The Morgan fingerprint density at radius 2 is 2.12 bits per heavy atom. The van der Waals surface area contributed by atoms with E-state index in [2.05, 4.69) is 41.2 Å². The molecule has 1 aromatic heterocycles. The van der Waals surface area contributed by atoms with Crippen molar-refractivity contribution in [2.75, 3.05) is 38.3 Å². The number of thioether (sulfide) groups is 1. The summed E-state index contributed by atoms with van der Waals surface area (Å²) in [5, 5.41) is 3.23. The molecular weight excluding hydrogens is 232 g/mol. The average Bonchev–Trinajstić information content (AvgIpc) is 2.24. The number of rotatable bonds is 7. The second kappa shape index (κ2) is 7.50. The second-order valence-corrected chi connectivity index (χ2v) is 5.30. The van der Waals surface area contributed by atoms with Gasteiger partial charge in [0.1, 0.15) is 11.6 Å². The van der Waals surface area contributed by atoms with Crippen LogP contribution >= 0.6 is 11.8 Å². The molecule has 0 saturated heterocycles. The molecule has 0 fully saturated rings. The molecule has 0 aliphatic carbocycles. The van der Waals surface area contributed by atoms with E-state index in [-0.39, 0.29) is 0 Å². The Hall–Kier alpha value is -0.810. The predicted molar refractivity (Wildman–Crippen MR) is 75.6 cm³/mol. The molecule has 1 heterocycles. The van der Waals surface area contributed by atoms with Gasteiger partial charge in [0.15, 0.2) is 0 Å². The maximum Gasteiger partial charge on any atom is 0.140 e. The van der Waals surface area contributed by atoms with Crippen LogP contribution in [-0.2, 0) is 5.75 Å². The SMILES string of the molecule is CCNc1cc(C)nc(CSCCN(C)C)n1. The molecule has 0 aliphatic heterocycles. The lowest BCUT2D eigenvalue weighted by Gasteiger charge is -2.09. The molecule has 0 unspecified atom stereocenters. The third-order valence-electron chi connectivity index (χ3n) is 2.17. The van der Waals surface area contributed by atoms with Gasteiger partial charge in [-0.3, -0.25) is 0 Å². The van der Waals surface area contributed by atoms with Crippen LogP contribution in [0.5, 0.6) is 0 Å². The Morgan fingerprint density at radius 3 is 2.76 bits per heavy atom. The fourth-order valence-corrected chi connectivity index (χ4v) is 2.33. The minimum Gasteiger partial charge on any atom is -0.370 e. The summed E-state index contributed by atoms with van der Waals surface area (Å²) in [7, 11) is 4.18. The maximum atomic E-state index is 4.48. The van der Waals surface area contributed by atoms with E-state index in [1.165, 1.54) is 0 Å². The highest BCUT2D eigenvalue weighted by molar-refractivity contribution is 7.98. The van der Waals surface area contributed by atoms with Crippen molar-refractivity contribution in [3.05, 3.63) is 17.6 Å². The van der Waals surface area contributed by atoms with E-state index in [4.69, 9.17) is 0 Å². The average molecular weight is 254 g/mol. The molecule has 0 saturated carbocycles. The molecule has 0 spiro atoms. The van der Waals surface area contributed by atoms with Crippen LogP contribution in [0.1, 0.15) is 18.4 Å². The van der Waals surface area contributed by atoms with Crippen molar-refractivity contribution in [3.8, 4) is 0 Å². The quantitative estimate of drug-likeness (QED) is 0.754. The van der Waals surface area contributed by atoms with Crippen LogP contribution in [0, 0.1) is 6.92 Å². The van der Waals surface area contributed by atoms with Gasteiger partial charge in [0.25, 0.3) is 0 Å². The van der Waals surface area contributed by atoms with E-state index in [1.54, 1.807) is 0 Å². The molecule has 17 heavy (non-hydrogen) atoms. The van der Waals surface area contributed by atoms with Gasteiger partial charge in [0, 0.05) is 30.6 Å². The number of hydrogen-bond acceptors (Lipinski definition) is 5. The van der Waals surface area contributed by atoms with Gasteiger partial charge in [-0.25, -0.2) is 9.97 Å². The Balaban J connectivity index is 2.46. The molecule has 0 radical (unpaired) electrons. The zero-order chi connectivity index (χ0) is 12.7. The van der Waals surface area contributed by atoms with Crippen LogP contribution in [0.4, 0.5) is 5.82 Å². The first-order valence-electron chi connectivity index (χ1n) is 5.92. The summed E-state index contributed by atoms with van der Waals surface area (Å²) in [6, 6.07) is 1.98. The monoisotopic (exact) mass is 254 g/mol. The molecule has 96 valence electrons. The van der Waals surface area contributed by atoms with Crippen LogP contribution < -0.4 is 5.32 Å². The minimum absolute atomic E-state index is 0.883. The number of hydrogen-bond donors (Lipinski definition) is 1. The van der Waals surface area contributed by atoms with Gasteiger partial charge in [-0.1, -0.05) is 0 Å². The molecule has 0 atom stereocenters. The van der Waals surface area contributed by atoms with Crippen LogP contribution in [0.15, 0.2) is 6.07 Å². The van der Waals surface area contributed by atoms with Gasteiger partial charge in [0.05, 0.1) is 5.75 Å². The summed E-state index contributed by atoms with van der Waals surface area (Å²) < 4.78 is 0. The molecule has 0 amide bonds. The van der Waals surface area contributed by atoms with Crippen LogP contribution in [0.3, 0.4) is 0 Å². The first-order chi connectivity index (χ1) is 8.11. The van der Waals surface area contributed by atoms with Gasteiger partial charge in [-0.05, 0) is 27.9 Å². The lowest BCUT2D eigenvalue weighted by molar-refractivity contribution is 0.437. The van der Waals surface area contributed by atoms with Crippen LogP contribution in [0.25, 0.3) is 0 Å². The lowest BCUT2D eigenvalue weighted by atomic mass is 10.4. The molecule has 0 aliphatic rings.